The van der Waals surface area contributed by atoms with E-state index in [9.17, 15) is 5.11 Å². The number of hydrogen-bond acceptors (Lipinski definition) is 2. The van der Waals surface area contributed by atoms with Crippen LogP contribution in [0, 0.1) is 5.41 Å². The van der Waals surface area contributed by atoms with E-state index < -0.39 is 0 Å². The van der Waals surface area contributed by atoms with E-state index in [4.69, 9.17) is 4.74 Å². The van der Waals surface area contributed by atoms with Gasteiger partial charge in [-0.2, -0.15) is 0 Å². The monoisotopic (exact) mass is 306 g/mol. The van der Waals surface area contributed by atoms with Crippen LogP contribution in [0.3, 0.4) is 0 Å². The molecule has 2 heteroatoms. The molecule has 0 fully saturated rings. The second kappa shape index (κ2) is 11.7. The molecule has 2 nitrogen and oxygen atoms in total. The van der Waals surface area contributed by atoms with Crippen LogP contribution in [0.5, 0.6) is 0 Å². The quantitative estimate of drug-likeness (QED) is 0.498. The smallest absolute Gasteiger partial charge is 0.0716 e. The van der Waals surface area contributed by atoms with Crippen molar-refractivity contribution < 1.29 is 9.84 Å². The van der Waals surface area contributed by atoms with Gasteiger partial charge in [0.05, 0.1) is 6.61 Å². The van der Waals surface area contributed by atoms with Crippen LogP contribution >= 0.6 is 0 Å². The summed E-state index contributed by atoms with van der Waals surface area (Å²) in [5.41, 5.74) is 1.36. The average Bonchev–Trinajstić information content (AvgIpc) is 2.53. The molecule has 0 aliphatic heterocycles. The largest absolute Gasteiger partial charge is 0.396 e. The van der Waals surface area contributed by atoms with Gasteiger partial charge < -0.3 is 9.84 Å². The Bertz CT molecular complexity index is 359. The van der Waals surface area contributed by atoms with Gasteiger partial charge >= 0.3 is 0 Å². The van der Waals surface area contributed by atoms with Crippen LogP contribution in [0.4, 0.5) is 0 Å². The molecule has 1 rings (SSSR count). The molecular formula is C20H34O2. The second-order valence-electron chi connectivity index (χ2n) is 7.09. The fourth-order valence-corrected chi connectivity index (χ4v) is 2.53. The SMILES string of the molecule is CC(C)(CO)CCCCCCCCCOCc1ccccc1. The highest BCUT2D eigenvalue weighted by Crippen LogP contribution is 2.23. The van der Waals surface area contributed by atoms with Crippen LogP contribution < -0.4 is 0 Å². The van der Waals surface area contributed by atoms with Crippen molar-refractivity contribution in [1.82, 2.24) is 0 Å². The molecule has 0 spiro atoms. The van der Waals surface area contributed by atoms with Crippen LogP contribution in [0.1, 0.15) is 70.8 Å². The first-order valence-corrected chi connectivity index (χ1v) is 8.86. The first kappa shape index (κ1) is 19.2. The van der Waals surface area contributed by atoms with Crippen LogP contribution in [-0.2, 0) is 11.3 Å². The van der Waals surface area contributed by atoms with Crippen molar-refractivity contribution in [2.75, 3.05) is 13.2 Å². The Morgan fingerprint density at radius 2 is 1.45 bits per heavy atom. The lowest BCUT2D eigenvalue weighted by Crippen LogP contribution is -2.16. The Morgan fingerprint density at radius 1 is 0.864 bits per heavy atom. The van der Waals surface area contributed by atoms with E-state index in [2.05, 4.69) is 38.1 Å². The molecule has 0 atom stereocenters. The number of ether oxygens (including phenoxy) is 1. The van der Waals surface area contributed by atoms with E-state index in [0.29, 0.717) is 6.61 Å². The third kappa shape index (κ3) is 9.97. The molecule has 0 radical (unpaired) electrons. The predicted molar refractivity (Wildman–Crippen MR) is 93.9 cm³/mol. The summed E-state index contributed by atoms with van der Waals surface area (Å²) in [7, 11) is 0. The maximum atomic E-state index is 9.20. The Balaban J connectivity index is 1.82. The third-order valence-corrected chi connectivity index (χ3v) is 4.18. The molecule has 0 aromatic heterocycles. The first-order valence-electron chi connectivity index (χ1n) is 8.86. The van der Waals surface area contributed by atoms with E-state index in [-0.39, 0.29) is 5.41 Å². The minimum absolute atomic E-state index is 0.107. The highest BCUT2D eigenvalue weighted by molar-refractivity contribution is 5.13. The Morgan fingerprint density at radius 3 is 2.09 bits per heavy atom. The van der Waals surface area contributed by atoms with E-state index >= 15 is 0 Å². The molecule has 0 unspecified atom stereocenters. The van der Waals surface area contributed by atoms with Gasteiger partial charge in [0.2, 0.25) is 0 Å². The molecule has 1 N–H and O–H groups in total. The van der Waals surface area contributed by atoms with E-state index in [0.717, 1.165) is 19.6 Å². The van der Waals surface area contributed by atoms with Crippen molar-refractivity contribution in [3.8, 4) is 0 Å². The molecule has 22 heavy (non-hydrogen) atoms. The van der Waals surface area contributed by atoms with E-state index in [1.807, 2.05) is 6.07 Å². The normalized spacial score (nSPS) is 11.8. The van der Waals surface area contributed by atoms with Crippen molar-refractivity contribution in [3.05, 3.63) is 35.9 Å². The Labute approximate surface area is 136 Å². The molecule has 1 aromatic carbocycles. The standard InChI is InChI=1S/C20H34O2/c1-20(2,18-21)15-11-6-4-3-5-7-12-16-22-17-19-13-9-8-10-14-19/h8-10,13-14,21H,3-7,11-12,15-18H2,1-2H3. The number of benzene rings is 1. The summed E-state index contributed by atoms with van der Waals surface area (Å²) in [6.07, 6.45) is 10.1. The Kier molecular flexibility index (Phi) is 10.2. The van der Waals surface area contributed by atoms with Crippen molar-refractivity contribution >= 4 is 0 Å². The lowest BCUT2D eigenvalue weighted by atomic mass is 9.88. The van der Waals surface area contributed by atoms with Crippen LogP contribution in [-0.4, -0.2) is 18.3 Å². The summed E-state index contributed by atoms with van der Waals surface area (Å²) in [4.78, 5) is 0. The fourth-order valence-electron chi connectivity index (χ4n) is 2.53. The zero-order chi connectivity index (χ0) is 16.1. The summed E-state index contributed by atoms with van der Waals surface area (Å²) < 4.78 is 5.69. The third-order valence-electron chi connectivity index (χ3n) is 4.18. The molecule has 0 amide bonds. The van der Waals surface area contributed by atoms with Gasteiger partial charge in [-0.05, 0) is 23.8 Å². The molecule has 0 saturated carbocycles. The van der Waals surface area contributed by atoms with Crippen LogP contribution in [0.2, 0.25) is 0 Å². The summed E-state index contributed by atoms with van der Waals surface area (Å²) >= 11 is 0. The Hall–Kier alpha value is -0.860. The lowest BCUT2D eigenvalue weighted by Gasteiger charge is -2.20. The first-order chi connectivity index (χ1) is 10.6. The summed E-state index contributed by atoms with van der Waals surface area (Å²) in [5, 5.41) is 9.20. The van der Waals surface area contributed by atoms with Gasteiger partial charge in [0, 0.05) is 13.2 Å². The predicted octanol–water partition coefficient (Wildman–Crippen LogP) is 5.34. The number of unbranched alkanes of at least 4 members (excludes halogenated alkanes) is 6. The van der Waals surface area contributed by atoms with E-state index in [1.54, 1.807) is 0 Å². The van der Waals surface area contributed by atoms with Crippen molar-refractivity contribution in [1.29, 1.82) is 0 Å². The average molecular weight is 306 g/mol. The number of aliphatic hydroxyl groups excluding tert-OH is 1. The maximum Gasteiger partial charge on any atom is 0.0716 e. The molecule has 1 aromatic rings. The molecular weight excluding hydrogens is 272 g/mol. The number of hydrogen-bond donors (Lipinski definition) is 1. The van der Waals surface area contributed by atoms with Gasteiger partial charge in [0.1, 0.15) is 0 Å². The van der Waals surface area contributed by atoms with Gasteiger partial charge in [-0.1, -0.05) is 82.7 Å². The van der Waals surface area contributed by atoms with Crippen LogP contribution in [0.15, 0.2) is 30.3 Å². The molecule has 0 aliphatic carbocycles. The van der Waals surface area contributed by atoms with Crippen LogP contribution in [0.25, 0.3) is 0 Å². The van der Waals surface area contributed by atoms with Gasteiger partial charge in [-0.15, -0.1) is 0 Å². The van der Waals surface area contributed by atoms with Gasteiger partial charge in [0.15, 0.2) is 0 Å². The van der Waals surface area contributed by atoms with Gasteiger partial charge in [-0.25, -0.2) is 0 Å². The lowest BCUT2D eigenvalue weighted by molar-refractivity contribution is 0.116. The summed E-state index contributed by atoms with van der Waals surface area (Å²) in [5.74, 6) is 0. The zero-order valence-electron chi connectivity index (χ0n) is 14.5. The van der Waals surface area contributed by atoms with Crippen molar-refractivity contribution in [2.24, 2.45) is 5.41 Å². The topological polar surface area (TPSA) is 29.5 Å². The summed E-state index contributed by atoms with van der Waals surface area (Å²) in [6.45, 7) is 6.20. The van der Waals surface area contributed by atoms with Gasteiger partial charge in [0.25, 0.3) is 0 Å². The molecule has 126 valence electrons. The highest BCUT2D eigenvalue weighted by Gasteiger charge is 2.14. The van der Waals surface area contributed by atoms with Crippen molar-refractivity contribution in [2.45, 2.75) is 71.8 Å². The summed E-state index contributed by atoms with van der Waals surface area (Å²) in [6, 6.07) is 10.4. The van der Waals surface area contributed by atoms with E-state index in [1.165, 1.54) is 50.5 Å². The zero-order valence-corrected chi connectivity index (χ0v) is 14.5. The minimum Gasteiger partial charge on any atom is -0.396 e. The molecule has 0 bridgehead atoms. The highest BCUT2D eigenvalue weighted by atomic mass is 16.5. The number of aliphatic hydroxyl groups is 1. The minimum atomic E-state index is 0.107. The molecule has 0 heterocycles. The fraction of sp³-hybridized carbons (Fsp3) is 0.700. The molecule has 0 saturated heterocycles. The molecule has 0 aliphatic rings. The number of rotatable bonds is 13. The maximum absolute atomic E-state index is 9.20. The van der Waals surface area contributed by atoms with Crippen molar-refractivity contribution in [3.63, 3.8) is 0 Å². The van der Waals surface area contributed by atoms with Gasteiger partial charge in [-0.3, -0.25) is 0 Å². The second-order valence-corrected chi connectivity index (χ2v) is 7.09.